The second kappa shape index (κ2) is 6.99. The van der Waals surface area contributed by atoms with Gasteiger partial charge in [0.05, 0.1) is 41.0 Å². The van der Waals surface area contributed by atoms with Gasteiger partial charge in [-0.05, 0) is 28.1 Å². The maximum atomic E-state index is 12.7. The van der Waals surface area contributed by atoms with Crippen LogP contribution in [-0.2, 0) is 4.74 Å². The van der Waals surface area contributed by atoms with Crippen LogP contribution >= 0.6 is 15.9 Å². The number of nitriles is 1. The molecule has 0 amide bonds. The van der Waals surface area contributed by atoms with Crippen molar-refractivity contribution in [3.8, 4) is 11.8 Å². The maximum absolute atomic E-state index is 12.7. The molecule has 1 aromatic rings. The fourth-order valence-corrected chi connectivity index (χ4v) is 3.39. The third-order valence-corrected chi connectivity index (χ3v) is 4.74. The Morgan fingerprint density at radius 1 is 1.26 bits per heavy atom. The fourth-order valence-electron chi connectivity index (χ4n) is 2.85. The van der Waals surface area contributed by atoms with Gasteiger partial charge in [0.25, 0.3) is 0 Å². The van der Waals surface area contributed by atoms with Crippen molar-refractivity contribution in [2.24, 2.45) is 0 Å². The molecule has 2 saturated heterocycles. The first-order chi connectivity index (χ1) is 11.1. The Balaban J connectivity index is 1.80. The summed E-state index contributed by atoms with van der Waals surface area (Å²) in [6, 6.07) is 5.60. The average molecular weight is 388 g/mol. The summed E-state index contributed by atoms with van der Waals surface area (Å²) in [4.78, 5) is 4.33. The number of alkyl halides is 2. The van der Waals surface area contributed by atoms with Crippen LogP contribution in [0.15, 0.2) is 16.6 Å². The highest BCUT2D eigenvalue weighted by Crippen LogP contribution is 2.38. The Morgan fingerprint density at radius 2 is 1.96 bits per heavy atom. The van der Waals surface area contributed by atoms with E-state index in [0.717, 1.165) is 26.3 Å². The highest BCUT2D eigenvalue weighted by molar-refractivity contribution is 9.10. The summed E-state index contributed by atoms with van der Waals surface area (Å²) in [6.07, 6.45) is 0. The number of halogens is 3. The van der Waals surface area contributed by atoms with Crippen LogP contribution in [0.2, 0.25) is 0 Å². The fraction of sp³-hybridized carbons (Fsp3) is 0.533. The van der Waals surface area contributed by atoms with Gasteiger partial charge in [0.15, 0.2) is 5.75 Å². The largest absolute Gasteiger partial charge is 0.431 e. The molecule has 0 aromatic heterocycles. The molecule has 0 aliphatic carbocycles. The van der Waals surface area contributed by atoms with E-state index in [-0.39, 0.29) is 5.75 Å². The molecule has 3 rings (SSSR count). The van der Waals surface area contributed by atoms with E-state index in [4.69, 9.17) is 10.00 Å². The zero-order chi connectivity index (χ0) is 16.4. The van der Waals surface area contributed by atoms with Crippen LogP contribution < -0.4 is 9.64 Å². The molecule has 23 heavy (non-hydrogen) atoms. The molecule has 124 valence electrons. The average Bonchev–Trinajstić information content (AvgIpc) is 2.48. The van der Waals surface area contributed by atoms with Gasteiger partial charge in [-0.3, -0.25) is 4.90 Å². The minimum Gasteiger partial charge on any atom is -0.431 e. The summed E-state index contributed by atoms with van der Waals surface area (Å²) in [7, 11) is 0. The number of anilines is 1. The predicted octanol–water partition coefficient (Wildman–Crippen LogP) is 2.44. The van der Waals surface area contributed by atoms with Crippen molar-refractivity contribution in [3.63, 3.8) is 0 Å². The van der Waals surface area contributed by atoms with Gasteiger partial charge in [0.1, 0.15) is 0 Å². The van der Waals surface area contributed by atoms with Crippen molar-refractivity contribution in [2.45, 2.75) is 12.7 Å². The van der Waals surface area contributed by atoms with E-state index in [1.807, 2.05) is 11.0 Å². The van der Waals surface area contributed by atoms with Crippen LogP contribution in [0.25, 0.3) is 0 Å². The number of piperazine rings is 1. The first-order valence-corrected chi connectivity index (χ1v) is 8.13. The SMILES string of the molecule is N#Cc1cc(Br)c(OC(F)F)c(N2CCN(C3COC3)CC2)c1. The number of hydrogen-bond donors (Lipinski definition) is 0. The van der Waals surface area contributed by atoms with E-state index in [0.29, 0.717) is 34.9 Å². The molecule has 0 N–H and O–H groups in total. The lowest BCUT2D eigenvalue weighted by atomic mass is 10.1. The van der Waals surface area contributed by atoms with Crippen molar-refractivity contribution in [2.75, 3.05) is 44.3 Å². The van der Waals surface area contributed by atoms with Gasteiger partial charge < -0.3 is 14.4 Å². The Morgan fingerprint density at radius 3 is 2.48 bits per heavy atom. The number of benzene rings is 1. The molecule has 5 nitrogen and oxygen atoms in total. The van der Waals surface area contributed by atoms with Crippen LogP contribution in [0.5, 0.6) is 5.75 Å². The molecule has 0 atom stereocenters. The first kappa shape index (κ1) is 16.4. The quantitative estimate of drug-likeness (QED) is 0.793. The molecule has 2 heterocycles. The summed E-state index contributed by atoms with van der Waals surface area (Å²) in [5.41, 5.74) is 0.934. The Hall–Kier alpha value is -1.43. The topological polar surface area (TPSA) is 48.7 Å². The Bertz CT molecular complexity index is 611. The van der Waals surface area contributed by atoms with Gasteiger partial charge in [-0.25, -0.2) is 0 Å². The number of nitrogens with zero attached hydrogens (tertiary/aromatic N) is 3. The standard InChI is InChI=1S/C15H16BrF2N3O2/c16-12-5-10(7-19)6-13(14(12)23-15(17)18)21-3-1-20(2-4-21)11-8-22-9-11/h5-6,11,15H,1-4,8-9H2. The van der Waals surface area contributed by atoms with E-state index in [1.165, 1.54) is 6.07 Å². The van der Waals surface area contributed by atoms with E-state index in [2.05, 4.69) is 25.6 Å². The van der Waals surface area contributed by atoms with E-state index in [1.54, 1.807) is 6.07 Å². The molecular formula is C15H16BrF2N3O2. The summed E-state index contributed by atoms with van der Waals surface area (Å²) in [5, 5.41) is 9.11. The monoisotopic (exact) mass is 387 g/mol. The minimum absolute atomic E-state index is 0.0828. The summed E-state index contributed by atoms with van der Waals surface area (Å²) in [6.45, 7) is 1.65. The van der Waals surface area contributed by atoms with Crippen LogP contribution in [0.4, 0.5) is 14.5 Å². The van der Waals surface area contributed by atoms with Crippen molar-refractivity contribution in [3.05, 3.63) is 22.2 Å². The highest BCUT2D eigenvalue weighted by Gasteiger charge is 2.30. The van der Waals surface area contributed by atoms with Crippen molar-refractivity contribution in [1.82, 2.24) is 4.90 Å². The number of ether oxygens (including phenoxy) is 2. The first-order valence-electron chi connectivity index (χ1n) is 7.33. The molecular weight excluding hydrogens is 372 g/mol. The zero-order valence-corrected chi connectivity index (χ0v) is 13.9. The third-order valence-electron chi connectivity index (χ3n) is 4.15. The molecule has 0 radical (unpaired) electrons. The zero-order valence-electron chi connectivity index (χ0n) is 12.3. The summed E-state index contributed by atoms with van der Waals surface area (Å²) < 4.78 is 35.6. The third kappa shape index (κ3) is 3.57. The summed E-state index contributed by atoms with van der Waals surface area (Å²) in [5.74, 6) is 0.0828. The van der Waals surface area contributed by atoms with E-state index >= 15 is 0 Å². The number of rotatable bonds is 4. The minimum atomic E-state index is -2.91. The lowest BCUT2D eigenvalue weighted by Gasteiger charge is -2.43. The molecule has 0 unspecified atom stereocenters. The van der Waals surface area contributed by atoms with E-state index in [9.17, 15) is 8.78 Å². The predicted molar refractivity (Wildman–Crippen MR) is 83.9 cm³/mol. The van der Waals surface area contributed by atoms with Crippen LogP contribution in [-0.4, -0.2) is 56.9 Å². The summed E-state index contributed by atoms with van der Waals surface area (Å²) >= 11 is 3.23. The molecule has 2 aliphatic heterocycles. The molecule has 2 fully saturated rings. The number of hydrogen-bond acceptors (Lipinski definition) is 5. The normalized spacial score (nSPS) is 19.5. The van der Waals surface area contributed by atoms with Gasteiger partial charge in [-0.1, -0.05) is 0 Å². The molecule has 1 aromatic carbocycles. The second-order valence-electron chi connectivity index (χ2n) is 5.51. The van der Waals surface area contributed by atoms with Gasteiger partial charge >= 0.3 is 6.61 Å². The molecule has 0 saturated carbocycles. The van der Waals surface area contributed by atoms with Crippen molar-refractivity contribution in [1.29, 1.82) is 5.26 Å². The molecule has 2 aliphatic rings. The van der Waals surface area contributed by atoms with Gasteiger partial charge in [0.2, 0.25) is 0 Å². The van der Waals surface area contributed by atoms with Crippen LogP contribution in [0.3, 0.4) is 0 Å². The lowest BCUT2D eigenvalue weighted by Crippen LogP contribution is -2.56. The smallest absolute Gasteiger partial charge is 0.387 e. The van der Waals surface area contributed by atoms with Crippen LogP contribution in [0, 0.1) is 11.3 Å². The lowest BCUT2D eigenvalue weighted by molar-refractivity contribution is -0.0663. The van der Waals surface area contributed by atoms with Crippen molar-refractivity contribution >= 4 is 21.6 Å². The van der Waals surface area contributed by atoms with Crippen LogP contribution in [0.1, 0.15) is 5.56 Å². The molecule has 0 bridgehead atoms. The second-order valence-corrected chi connectivity index (χ2v) is 6.37. The molecule has 8 heteroatoms. The Kier molecular flexibility index (Phi) is 4.99. The van der Waals surface area contributed by atoms with Gasteiger partial charge in [-0.15, -0.1) is 0 Å². The maximum Gasteiger partial charge on any atom is 0.387 e. The molecule has 0 spiro atoms. The Labute approximate surface area is 141 Å². The van der Waals surface area contributed by atoms with Crippen molar-refractivity contribution < 1.29 is 18.3 Å². The van der Waals surface area contributed by atoms with Gasteiger partial charge in [0, 0.05) is 26.2 Å². The highest BCUT2D eigenvalue weighted by atomic mass is 79.9. The van der Waals surface area contributed by atoms with E-state index < -0.39 is 6.61 Å². The van der Waals surface area contributed by atoms with Gasteiger partial charge in [-0.2, -0.15) is 14.0 Å².